The van der Waals surface area contributed by atoms with Crippen LogP contribution in [0.5, 0.6) is 0 Å². The van der Waals surface area contributed by atoms with Gasteiger partial charge in [0.25, 0.3) is 0 Å². The zero-order valence-corrected chi connectivity index (χ0v) is 43.9. The van der Waals surface area contributed by atoms with Crippen molar-refractivity contribution in [1.82, 2.24) is 0 Å². The third-order valence-corrected chi connectivity index (χ3v) is 26.6. The maximum absolute atomic E-state index is 3.00. The van der Waals surface area contributed by atoms with Crippen LogP contribution in [0, 0.1) is 0 Å². The summed E-state index contributed by atoms with van der Waals surface area (Å²) < 4.78 is 4.09. The Morgan fingerprint density at radius 1 is 0.293 bits per heavy atom. The molecule has 0 aromatic heterocycles. The molecule has 0 fully saturated rings. The molecule has 2 aromatic carbocycles. The first-order valence-corrected chi connectivity index (χ1v) is 30.1. The Morgan fingerprint density at radius 2 is 0.448 bits per heavy atom. The van der Waals surface area contributed by atoms with Crippen LogP contribution in [0.25, 0.3) is 0 Å². The third-order valence-electron chi connectivity index (χ3n) is 21.3. The second-order valence-electron chi connectivity index (χ2n) is 21.4. The minimum absolute atomic E-state index is 0.268. The second kappa shape index (κ2) is 16.3. The standard InChI is InChI=1S/C57H93Ge/c1-18-50(19-2)36-54(26-9,27-10)44-40(50)34-41-45(55(28-11,29-12)37-51(41,20-3)21-4)48(44)58(17)49-46-42(52(22-5,23-6)38-56(46,30-13)31-14)35-43-47(49)57(32-15,33-16)39-53(43,24-7)25-8/h34-35H,18-33,36-39H2,1-17H3. The molecule has 1 radical (unpaired) electrons. The molecule has 0 unspecified atom stereocenters. The summed E-state index contributed by atoms with van der Waals surface area (Å²) in [6.45, 7) is 41.3. The first-order chi connectivity index (χ1) is 27.7. The van der Waals surface area contributed by atoms with E-state index in [1.54, 1.807) is 0 Å². The molecule has 0 N–H and O–H groups in total. The fourth-order valence-electron chi connectivity index (χ4n) is 16.4. The summed E-state index contributed by atoms with van der Waals surface area (Å²) in [6, 6.07) is 5.95. The molecular weight excluding hydrogens is 757 g/mol. The van der Waals surface area contributed by atoms with Crippen molar-refractivity contribution in [3.05, 3.63) is 56.6 Å². The molecule has 0 atom stereocenters. The van der Waals surface area contributed by atoms with E-state index in [0.29, 0.717) is 0 Å². The van der Waals surface area contributed by atoms with Crippen molar-refractivity contribution in [3.8, 4) is 0 Å². The summed E-state index contributed by atoms with van der Waals surface area (Å²) in [4.78, 5) is 0. The van der Waals surface area contributed by atoms with E-state index in [9.17, 15) is 0 Å². The van der Waals surface area contributed by atoms with Gasteiger partial charge in [0.2, 0.25) is 0 Å². The predicted octanol–water partition coefficient (Wildman–Crippen LogP) is 16.0. The Balaban J connectivity index is 1.96. The van der Waals surface area contributed by atoms with Crippen LogP contribution in [0.15, 0.2) is 12.1 Å². The van der Waals surface area contributed by atoms with Gasteiger partial charge in [0.1, 0.15) is 0 Å². The average molecular weight is 851 g/mol. The first-order valence-electron chi connectivity index (χ1n) is 26.0. The van der Waals surface area contributed by atoms with Crippen LogP contribution in [-0.4, -0.2) is 14.3 Å². The molecular formula is C57H93Ge. The topological polar surface area (TPSA) is 0 Å². The molecule has 0 spiro atoms. The third kappa shape index (κ3) is 5.75. The molecule has 0 amide bonds. The molecule has 2 aromatic rings. The van der Waals surface area contributed by atoms with Crippen molar-refractivity contribution in [3.63, 3.8) is 0 Å². The van der Waals surface area contributed by atoms with Crippen LogP contribution in [0.1, 0.15) is 284 Å². The molecule has 325 valence electrons. The second-order valence-corrected chi connectivity index (χ2v) is 26.1. The molecule has 0 saturated heterocycles. The Kier molecular flexibility index (Phi) is 13.0. The number of hydrogen-bond donors (Lipinski definition) is 0. The van der Waals surface area contributed by atoms with E-state index >= 15 is 0 Å². The zero-order valence-electron chi connectivity index (χ0n) is 41.8. The molecule has 6 rings (SSSR count). The van der Waals surface area contributed by atoms with Crippen LogP contribution in [0.2, 0.25) is 5.76 Å². The molecule has 4 aliphatic carbocycles. The van der Waals surface area contributed by atoms with Crippen LogP contribution in [0.3, 0.4) is 0 Å². The molecule has 0 nitrogen and oxygen atoms in total. The van der Waals surface area contributed by atoms with Crippen molar-refractivity contribution >= 4 is 23.1 Å². The Labute approximate surface area is 366 Å². The fourth-order valence-corrected chi connectivity index (χ4v) is 23.4. The first kappa shape index (κ1) is 46.5. The molecule has 58 heavy (non-hydrogen) atoms. The molecule has 0 aliphatic heterocycles. The molecule has 1 heteroatoms. The predicted molar refractivity (Wildman–Crippen MR) is 260 cm³/mol. The number of hydrogen-bond acceptors (Lipinski definition) is 0. The van der Waals surface area contributed by atoms with Gasteiger partial charge in [-0.3, -0.25) is 0 Å². The van der Waals surface area contributed by atoms with Gasteiger partial charge in [-0.1, -0.05) is 0 Å². The van der Waals surface area contributed by atoms with Crippen LogP contribution < -0.4 is 8.79 Å². The summed E-state index contributed by atoms with van der Waals surface area (Å²) in [5.41, 5.74) is 17.4. The minimum atomic E-state index is -2.31. The number of rotatable bonds is 18. The Bertz CT molecular complexity index is 1530. The van der Waals surface area contributed by atoms with Gasteiger partial charge in [-0.05, 0) is 0 Å². The van der Waals surface area contributed by atoms with Crippen LogP contribution >= 0.6 is 0 Å². The average Bonchev–Trinajstić information content (AvgIpc) is 3.95. The summed E-state index contributed by atoms with van der Waals surface area (Å²) >= 11 is -2.31. The number of benzene rings is 2. The van der Waals surface area contributed by atoms with Crippen molar-refractivity contribution in [1.29, 1.82) is 0 Å². The van der Waals surface area contributed by atoms with Gasteiger partial charge in [-0.15, -0.1) is 0 Å². The van der Waals surface area contributed by atoms with Crippen molar-refractivity contribution < 1.29 is 0 Å². The summed E-state index contributed by atoms with van der Waals surface area (Å²) in [5, 5.41) is 0. The maximum atomic E-state index is 3.00. The van der Waals surface area contributed by atoms with Crippen molar-refractivity contribution in [2.24, 2.45) is 0 Å². The SMILES string of the molecule is CCC1(CC)CC(CC)(CC)c2c1cc1c([c]2[Ge]([CH3])[c]2c3c(cc4c2C(CC)(CC)CC4(CC)CC)C(CC)(CC)CC3(CC)CC)C(CC)(CC)CC1(CC)CC. The molecule has 4 aliphatic rings. The summed E-state index contributed by atoms with van der Waals surface area (Å²) in [5.74, 6) is 3.00. The van der Waals surface area contributed by atoms with E-state index in [2.05, 4.69) is 129 Å². The summed E-state index contributed by atoms with van der Waals surface area (Å²) in [6.07, 6.45) is 25.9. The van der Waals surface area contributed by atoms with Gasteiger partial charge >= 0.3 is 368 Å². The monoisotopic (exact) mass is 852 g/mol. The number of fused-ring (bicyclic) bond motifs is 4. The van der Waals surface area contributed by atoms with Crippen LogP contribution in [0.4, 0.5) is 0 Å². The Morgan fingerprint density at radius 3 is 0.586 bits per heavy atom. The van der Waals surface area contributed by atoms with Gasteiger partial charge < -0.3 is 0 Å². The van der Waals surface area contributed by atoms with E-state index in [0.717, 1.165) is 0 Å². The van der Waals surface area contributed by atoms with E-state index in [1.165, 1.54) is 128 Å². The normalized spacial score (nSPS) is 22.9. The van der Waals surface area contributed by atoms with Gasteiger partial charge in [0.15, 0.2) is 0 Å². The zero-order chi connectivity index (χ0) is 42.9. The molecule has 0 bridgehead atoms. The van der Waals surface area contributed by atoms with Gasteiger partial charge in [-0.25, -0.2) is 0 Å². The van der Waals surface area contributed by atoms with Gasteiger partial charge in [0.05, 0.1) is 0 Å². The Hall–Kier alpha value is -1.02. The van der Waals surface area contributed by atoms with Crippen molar-refractivity contribution in [2.75, 3.05) is 0 Å². The van der Waals surface area contributed by atoms with Crippen LogP contribution in [-0.2, 0) is 43.3 Å². The van der Waals surface area contributed by atoms with E-state index < -0.39 is 14.3 Å². The fraction of sp³-hybridized carbons (Fsp3) is 0.789. The quantitative estimate of drug-likeness (QED) is 0.131. The molecule has 0 heterocycles. The van der Waals surface area contributed by atoms with Gasteiger partial charge in [-0.2, -0.15) is 0 Å². The van der Waals surface area contributed by atoms with E-state index in [4.69, 9.17) is 0 Å². The van der Waals surface area contributed by atoms with Gasteiger partial charge in [0, 0.05) is 0 Å². The molecule has 0 saturated carbocycles. The summed E-state index contributed by atoms with van der Waals surface area (Å²) in [7, 11) is 0. The van der Waals surface area contributed by atoms with Crippen molar-refractivity contribution in [2.45, 2.75) is 288 Å². The van der Waals surface area contributed by atoms with E-state index in [1.807, 2.05) is 53.3 Å². The van der Waals surface area contributed by atoms with E-state index in [-0.39, 0.29) is 43.3 Å².